The number of piperidine rings is 2. The Hall–Kier alpha value is -2.71. The molecule has 7 rings (SSSR count). The zero-order valence-corrected chi connectivity index (χ0v) is 18.3. The van der Waals surface area contributed by atoms with Crippen molar-refractivity contribution >= 4 is 40.0 Å². The first-order chi connectivity index (χ1) is 15.7. The Morgan fingerprint density at radius 2 is 2.06 bits per heavy atom. The van der Waals surface area contributed by atoms with Crippen molar-refractivity contribution in [2.24, 2.45) is 5.92 Å². The molecule has 2 bridgehead atoms. The van der Waals surface area contributed by atoms with Crippen molar-refractivity contribution in [3.8, 4) is 5.75 Å². The molecular weight excluding hydrogens is 431 g/mol. The smallest absolute Gasteiger partial charge is 0.169 e. The SMILES string of the molecule is Fc1c(Nc2ncnc3ccc(N4C[C@H]5CC[C@@H]4CN5)nc23)ccc(OCC2CC2)c1Cl. The average Bonchev–Trinajstić information content (AvgIpc) is 3.67. The number of piperazine rings is 1. The minimum atomic E-state index is -0.567. The molecule has 166 valence electrons. The van der Waals surface area contributed by atoms with Crippen molar-refractivity contribution in [3.63, 3.8) is 0 Å². The van der Waals surface area contributed by atoms with E-state index in [4.69, 9.17) is 21.3 Å². The summed E-state index contributed by atoms with van der Waals surface area (Å²) in [5, 5.41) is 6.60. The summed E-state index contributed by atoms with van der Waals surface area (Å²) in [6.07, 6.45) is 6.12. The quantitative estimate of drug-likeness (QED) is 0.575. The molecule has 3 aliphatic heterocycles. The first-order valence-electron chi connectivity index (χ1n) is 11.2. The highest BCUT2D eigenvalue weighted by Gasteiger charge is 2.34. The third-order valence-electron chi connectivity index (χ3n) is 6.58. The molecule has 1 aliphatic carbocycles. The van der Waals surface area contributed by atoms with Crippen LogP contribution >= 0.6 is 11.6 Å². The van der Waals surface area contributed by atoms with Gasteiger partial charge in [-0.15, -0.1) is 0 Å². The van der Waals surface area contributed by atoms with Crippen LogP contribution in [-0.4, -0.2) is 46.7 Å². The van der Waals surface area contributed by atoms with Gasteiger partial charge in [0, 0.05) is 25.2 Å². The Morgan fingerprint density at radius 1 is 1.16 bits per heavy atom. The summed E-state index contributed by atoms with van der Waals surface area (Å²) in [5.74, 6) is 1.70. The van der Waals surface area contributed by atoms with Gasteiger partial charge in [-0.25, -0.2) is 19.3 Å². The zero-order chi connectivity index (χ0) is 21.7. The Bertz CT molecular complexity index is 1160. The molecule has 2 atom stereocenters. The molecule has 0 unspecified atom stereocenters. The molecule has 0 radical (unpaired) electrons. The van der Waals surface area contributed by atoms with E-state index in [0.717, 1.165) is 38.2 Å². The van der Waals surface area contributed by atoms with Gasteiger partial charge in [0.15, 0.2) is 11.6 Å². The van der Waals surface area contributed by atoms with Gasteiger partial charge in [0.2, 0.25) is 0 Å². The van der Waals surface area contributed by atoms with Crippen LogP contribution in [0.5, 0.6) is 5.75 Å². The Kier molecular flexibility index (Phi) is 4.99. The van der Waals surface area contributed by atoms with E-state index in [1.165, 1.54) is 12.7 Å². The molecule has 0 amide bonds. The lowest BCUT2D eigenvalue weighted by Gasteiger charge is -2.46. The lowest BCUT2D eigenvalue weighted by atomic mass is 9.93. The number of pyridine rings is 1. The highest BCUT2D eigenvalue weighted by Crippen LogP contribution is 2.36. The number of fused-ring (bicyclic) bond motifs is 4. The number of ether oxygens (including phenoxy) is 1. The highest BCUT2D eigenvalue weighted by atomic mass is 35.5. The van der Waals surface area contributed by atoms with E-state index in [0.29, 0.717) is 47.2 Å². The van der Waals surface area contributed by atoms with Gasteiger partial charge in [-0.1, -0.05) is 11.6 Å². The van der Waals surface area contributed by atoms with Crippen LogP contribution in [0.1, 0.15) is 25.7 Å². The van der Waals surface area contributed by atoms with Crippen LogP contribution in [0, 0.1) is 11.7 Å². The van der Waals surface area contributed by atoms with Crippen LogP contribution in [0.25, 0.3) is 11.0 Å². The number of hydrogen-bond acceptors (Lipinski definition) is 7. The van der Waals surface area contributed by atoms with E-state index in [9.17, 15) is 0 Å². The van der Waals surface area contributed by atoms with Gasteiger partial charge in [0.1, 0.15) is 28.4 Å². The van der Waals surface area contributed by atoms with Crippen LogP contribution in [-0.2, 0) is 0 Å². The van der Waals surface area contributed by atoms with E-state index >= 15 is 4.39 Å². The van der Waals surface area contributed by atoms with Gasteiger partial charge < -0.3 is 20.3 Å². The number of benzene rings is 1. The van der Waals surface area contributed by atoms with Gasteiger partial charge in [-0.2, -0.15) is 0 Å². The number of halogens is 2. The lowest BCUT2D eigenvalue weighted by molar-refractivity contribution is 0.289. The fourth-order valence-electron chi connectivity index (χ4n) is 4.53. The number of hydrogen-bond donors (Lipinski definition) is 2. The zero-order valence-electron chi connectivity index (χ0n) is 17.5. The highest BCUT2D eigenvalue weighted by molar-refractivity contribution is 6.32. The van der Waals surface area contributed by atoms with Gasteiger partial charge in [0.25, 0.3) is 0 Å². The molecule has 2 aromatic heterocycles. The van der Waals surface area contributed by atoms with E-state index in [2.05, 4.69) is 25.5 Å². The fourth-order valence-corrected chi connectivity index (χ4v) is 4.75. The molecule has 4 fully saturated rings. The van der Waals surface area contributed by atoms with E-state index < -0.39 is 5.82 Å². The standard InChI is InChI=1S/C23H24ClFN6O/c24-20-18(32-11-13-1-2-13)7-5-16(21(20)25)29-23-22-17(27-12-28-23)6-8-19(30-22)31-10-14-3-4-15(31)9-26-14/h5-8,12-15,26H,1-4,9-11H2,(H,27,28,29)/t14-,15-/m1/s1. The summed E-state index contributed by atoms with van der Waals surface area (Å²) in [6, 6.07) is 8.19. The molecule has 1 aromatic carbocycles. The Morgan fingerprint density at radius 3 is 2.81 bits per heavy atom. The van der Waals surface area contributed by atoms with Crippen molar-refractivity contribution < 1.29 is 9.13 Å². The fraction of sp³-hybridized carbons (Fsp3) is 0.435. The number of anilines is 3. The Labute approximate surface area is 190 Å². The van der Waals surface area contributed by atoms with Crippen LogP contribution in [0.3, 0.4) is 0 Å². The van der Waals surface area contributed by atoms with Crippen molar-refractivity contribution in [3.05, 3.63) is 41.4 Å². The first kappa shape index (κ1) is 19.9. The van der Waals surface area contributed by atoms with Crippen LogP contribution in [0.4, 0.5) is 21.7 Å². The van der Waals surface area contributed by atoms with Crippen molar-refractivity contribution in [1.82, 2.24) is 20.3 Å². The first-order valence-corrected chi connectivity index (χ1v) is 11.5. The van der Waals surface area contributed by atoms with E-state index in [-0.39, 0.29) is 10.7 Å². The monoisotopic (exact) mass is 454 g/mol. The molecule has 32 heavy (non-hydrogen) atoms. The molecule has 1 saturated carbocycles. The molecule has 2 N–H and O–H groups in total. The molecule has 5 heterocycles. The molecule has 9 heteroatoms. The maximum Gasteiger partial charge on any atom is 0.169 e. The second-order valence-corrected chi connectivity index (χ2v) is 9.24. The third kappa shape index (κ3) is 3.71. The molecule has 7 nitrogen and oxygen atoms in total. The van der Waals surface area contributed by atoms with E-state index in [1.807, 2.05) is 12.1 Å². The topological polar surface area (TPSA) is 75.2 Å². The lowest BCUT2D eigenvalue weighted by Crippen LogP contribution is -2.61. The van der Waals surface area contributed by atoms with Gasteiger partial charge >= 0.3 is 0 Å². The number of rotatable bonds is 6. The number of nitrogens with one attached hydrogen (secondary N) is 2. The van der Waals surface area contributed by atoms with Crippen molar-refractivity contribution in [2.75, 3.05) is 29.9 Å². The normalized spacial score (nSPS) is 22.4. The summed E-state index contributed by atoms with van der Waals surface area (Å²) in [7, 11) is 0. The maximum atomic E-state index is 15.0. The molecule has 4 aliphatic rings. The number of aromatic nitrogens is 3. The molecule has 3 aromatic rings. The predicted molar refractivity (Wildman–Crippen MR) is 122 cm³/mol. The Balaban J connectivity index is 1.30. The molecular formula is C23H24ClFN6O. The average molecular weight is 455 g/mol. The molecule has 0 spiro atoms. The minimum absolute atomic E-state index is 0.0282. The maximum absolute atomic E-state index is 15.0. The van der Waals surface area contributed by atoms with Crippen LogP contribution in [0.2, 0.25) is 5.02 Å². The van der Waals surface area contributed by atoms with Gasteiger partial charge in [0.05, 0.1) is 17.8 Å². The summed E-state index contributed by atoms with van der Waals surface area (Å²) >= 11 is 6.25. The minimum Gasteiger partial charge on any atom is -0.492 e. The molecule has 3 saturated heterocycles. The number of nitrogens with zero attached hydrogens (tertiary/aromatic N) is 4. The third-order valence-corrected chi connectivity index (χ3v) is 6.93. The summed E-state index contributed by atoms with van der Waals surface area (Å²) in [5.41, 5.74) is 1.52. The predicted octanol–water partition coefficient (Wildman–Crippen LogP) is 4.29. The second kappa shape index (κ2) is 8.01. The van der Waals surface area contributed by atoms with Crippen molar-refractivity contribution in [2.45, 2.75) is 37.8 Å². The second-order valence-electron chi connectivity index (χ2n) is 8.87. The van der Waals surface area contributed by atoms with Gasteiger partial charge in [-0.3, -0.25) is 0 Å². The summed E-state index contributed by atoms with van der Waals surface area (Å²) in [4.78, 5) is 15.9. The van der Waals surface area contributed by atoms with Crippen molar-refractivity contribution in [1.29, 1.82) is 0 Å². The summed E-state index contributed by atoms with van der Waals surface area (Å²) in [6.45, 7) is 2.48. The van der Waals surface area contributed by atoms with E-state index in [1.54, 1.807) is 12.1 Å². The summed E-state index contributed by atoms with van der Waals surface area (Å²) < 4.78 is 20.7. The van der Waals surface area contributed by atoms with Crippen LogP contribution < -0.4 is 20.3 Å². The van der Waals surface area contributed by atoms with Gasteiger partial charge in [-0.05, 0) is 55.9 Å². The van der Waals surface area contributed by atoms with Crippen LogP contribution in [0.15, 0.2) is 30.6 Å². The largest absolute Gasteiger partial charge is 0.492 e.